The standard InChI is InChI=1S/C15H14ClNO3S/c1-10-7-8-11(21(2,19)20)9-12(10)15(18)17-14-6-4-3-5-13(14)16/h3-9H,1-2H3,(H,17,18). The molecule has 0 saturated carbocycles. The second kappa shape index (κ2) is 5.87. The lowest BCUT2D eigenvalue weighted by Gasteiger charge is -2.10. The fourth-order valence-electron chi connectivity index (χ4n) is 1.83. The SMILES string of the molecule is Cc1ccc(S(C)(=O)=O)cc1C(=O)Nc1ccccc1Cl. The zero-order chi connectivity index (χ0) is 15.6. The third-order valence-corrected chi connectivity index (χ3v) is 4.44. The molecule has 0 bridgehead atoms. The Morgan fingerprint density at radius 1 is 1.14 bits per heavy atom. The Balaban J connectivity index is 2.38. The Morgan fingerprint density at radius 3 is 2.43 bits per heavy atom. The Labute approximate surface area is 128 Å². The molecule has 0 spiro atoms. The molecule has 0 saturated heterocycles. The molecule has 0 aromatic heterocycles. The molecule has 2 rings (SSSR count). The van der Waals surface area contributed by atoms with Crippen molar-refractivity contribution < 1.29 is 13.2 Å². The monoisotopic (exact) mass is 323 g/mol. The molecule has 2 aromatic carbocycles. The normalized spacial score (nSPS) is 11.2. The van der Waals surface area contributed by atoms with E-state index in [1.807, 2.05) is 0 Å². The summed E-state index contributed by atoms with van der Waals surface area (Å²) in [6.45, 7) is 1.74. The highest BCUT2D eigenvalue weighted by atomic mass is 35.5. The number of nitrogens with one attached hydrogen (secondary N) is 1. The topological polar surface area (TPSA) is 63.2 Å². The van der Waals surface area contributed by atoms with E-state index in [-0.39, 0.29) is 4.90 Å². The number of amides is 1. The highest BCUT2D eigenvalue weighted by Gasteiger charge is 2.15. The molecule has 0 aliphatic rings. The quantitative estimate of drug-likeness (QED) is 0.942. The van der Waals surface area contributed by atoms with Gasteiger partial charge in [-0.05, 0) is 36.8 Å². The summed E-state index contributed by atoms with van der Waals surface area (Å²) in [7, 11) is -3.36. The van der Waals surface area contributed by atoms with Gasteiger partial charge in [0.25, 0.3) is 5.91 Å². The maximum absolute atomic E-state index is 12.3. The van der Waals surface area contributed by atoms with Crippen LogP contribution < -0.4 is 5.32 Å². The number of sulfone groups is 1. The second-order valence-corrected chi connectivity index (χ2v) is 7.11. The van der Waals surface area contributed by atoms with Crippen molar-refractivity contribution in [1.29, 1.82) is 0 Å². The van der Waals surface area contributed by atoms with Crippen LogP contribution in [0.5, 0.6) is 0 Å². The van der Waals surface area contributed by atoms with E-state index in [1.165, 1.54) is 12.1 Å². The Hall–Kier alpha value is -1.85. The molecule has 4 nitrogen and oxygen atoms in total. The lowest BCUT2D eigenvalue weighted by molar-refractivity contribution is 0.102. The van der Waals surface area contributed by atoms with E-state index in [0.29, 0.717) is 21.8 Å². The molecule has 0 aliphatic carbocycles. The molecule has 21 heavy (non-hydrogen) atoms. The van der Waals surface area contributed by atoms with E-state index in [2.05, 4.69) is 5.32 Å². The van der Waals surface area contributed by atoms with Crippen LogP contribution in [-0.2, 0) is 9.84 Å². The van der Waals surface area contributed by atoms with Crippen LogP contribution in [0.15, 0.2) is 47.4 Å². The smallest absolute Gasteiger partial charge is 0.256 e. The van der Waals surface area contributed by atoms with Gasteiger partial charge in [-0.2, -0.15) is 0 Å². The van der Waals surface area contributed by atoms with Crippen LogP contribution in [0.25, 0.3) is 0 Å². The van der Waals surface area contributed by atoms with Crippen molar-refractivity contribution in [1.82, 2.24) is 0 Å². The van der Waals surface area contributed by atoms with E-state index in [0.717, 1.165) is 6.26 Å². The van der Waals surface area contributed by atoms with Gasteiger partial charge in [0.15, 0.2) is 9.84 Å². The van der Waals surface area contributed by atoms with E-state index in [1.54, 1.807) is 37.3 Å². The van der Waals surface area contributed by atoms with Crippen molar-refractivity contribution in [2.75, 3.05) is 11.6 Å². The summed E-state index contributed by atoms with van der Waals surface area (Å²) in [5.74, 6) is -0.397. The van der Waals surface area contributed by atoms with Gasteiger partial charge in [0.2, 0.25) is 0 Å². The summed E-state index contributed by atoms with van der Waals surface area (Å²) in [5.41, 5.74) is 1.47. The van der Waals surface area contributed by atoms with Crippen molar-refractivity contribution >= 4 is 33.0 Å². The minimum Gasteiger partial charge on any atom is -0.321 e. The van der Waals surface area contributed by atoms with Gasteiger partial charge in [-0.25, -0.2) is 8.42 Å². The van der Waals surface area contributed by atoms with Crippen LogP contribution in [0.1, 0.15) is 15.9 Å². The average molecular weight is 324 g/mol. The number of para-hydroxylation sites is 1. The molecule has 0 heterocycles. The van der Waals surface area contributed by atoms with Gasteiger partial charge in [-0.15, -0.1) is 0 Å². The Kier molecular flexibility index (Phi) is 4.34. The van der Waals surface area contributed by atoms with Crippen molar-refractivity contribution in [3.8, 4) is 0 Å². The lowest BCUT2D eigenvalue weighted by atomic mass is 10.1. The number of halogens is 1. The first-order valence-corrected chi connectivity index (χ1v) is 8.42. The van der Waals surface area contributed by atoms with Gasteiger partial charge in [0.1, 0.15) is 0 Å². The van der Waals surface area contributed by atoms with E-state index < -0.39 is 15.7 Å². The Morgan fingerprint density at radius 2 is 1.81 bits per heavy atom. The zero-order valence-electron chi connectivity index (χ0n) is 11.6. The molecular formula is C15H14ClNO3S. The number of anilines is 1. The molecule has 6 heteroatoms. The predicted octanol–water partition coefficient (Wildman–Crippen LogP) is 3.30. The van der Waals surface area contributed by atoms with Gasteiger partial charge in [-0.3, -0.25) is 4.79 Å². The van der Waals surface area contributed by atoms with Crippen molar-refractivity contribution in [2.45, 2.75) is 11.8 Å². The molecule has 0 fully saturated rings. The maximum Gasteiger partial charge on any atom is 0.256 e. The minimum absolute atomic E-state index is 0.109. The number of rotatable bonds is 3. The first kappa shape index (κ1) is 15.5. The number of carbonyl (C=O) groups excluding carboxylic acids is 1. The van der Waals surface area contributed by atoms with Crippen LogP contribution in [0, 0.1) is 6.92 Å². The first-order valence-electron chi connectivity index (χ1n) is 6.15. The molecule has 0 atom stereocenters. The van der Waals surface area contributed by atoms with E-state index >= 15 is 0 Å². The summed E-state index contributed by atoms with van der Waals surface area (Å²) in [6, 6.07) is 11.3. The van der Waals surface area contributed by atoms with Gasteiger partial charge in [0.05, 0.1) is 15.6 Å². The van der Waals surface area contributed by atoms with Gasteiger partial charge < -0.3 is 5.32 Å². The highest BCUT2D eigenvalue weighted by molar-refractivity contribution is 7.90. The molecule has 0 radical (unpaired) electrons. The maximum atomic E-state index is 12.3. The third kappa shape index (κ3) is 3.62. The Bertz CT molecular complexity index is 800. The molecular weight excluding hydrogens is 310 g/mol. The van der Waals surface area contributed by atoms with Crippen LogP contribution in [0.2, 0.25) is 5.02 Å². The fraction of sp³-hybridized carbons (Fsp3) is 0.133. The van der Waals surface area contributed by atoms with Crippen LogP contribution >= 0.6 is 11.6 Å². The van der Waals surface area contributed by atoms with E-state index in [9.17, 15) is 13.2 Å². The summed E-state index contributed by atoms with van der Waals surface area (Å²) in [5, 5.41) is 3.10. The largest absolute Gasteiger partial charge is 0.321 e. The molecule has 1 amide bonds. The van der Waals surface area contributed by atoms with E-state index in [4.69, 9.17) is 11.6 Å². The van der Waals surface area contributed by atoms with Crippen LogP contribution in [0.4, 0.5) is 5.69 Å². The van der Waals surface area contributed by atoms with Crippen molar-refractivity contribution in [3.05, 3.63) is 58.6 Å². The second-order valence-electron chi connectivity index (χ2n) is 4.68. The number of aryl methyl sites for hydroxylation is 1. The number of hydrogen-bond donors (Lipinski definition) is 1. The lowest BCUT2D eigenvalue weighted by Crippen LogP contribution is -2.14. The van der Waals surface area contributed by atoms with Crippen molar-refractivity contribution in [2.24, 2.45) is 0 Å². The molecule has 0 unspecified atom stereocenters. The minimum atomic E-state index is -3.36. The third-order valence-electron chi connectivity index (χ3n) is 3.00. The first-order chi connectivity index (χ1) is 9.79. The summed E-state index contributed by atoms with van der Waals surface area (Å²) < 4.78 is 23.2. The van der Waals surface area contributed by atoms with Gasteiger partial charge in [0, 0.05) is 11.8 Å². The number of hydrogen-bond acceptors (Lipinski definition) is 3. The number of carbonyl (C=O) groups is 1. The predicted molar refractivity (Wildman–Crippen MR) is 83.7 cm³/mol. The van der Waals surface area contributed by atoms with Gasteiger partial charge >= 0.3 is 0 Å². The molecule has 110 valence electrons. The molecule has 0 aliphatic heterocycles. The summed E-state index contributed by atoms with van der Waals surface area (Å²) >= 11 is 5.99. The van der Waals surface area contributed by atoms with Crippen molar-refractivity contribution in [3.63, 3.8) is 0 Å². The average Bonchev–Trinajstić information content (AvgIpc) is 2.40. The van der Waals surface area contributed by atoms with Crippen LogP contribution in [0.3, 0.4) is 0 Å². The molecule has 1 N–H and O–H groups in total. The van der Waals surface area contributed by atoms with Crippen LogP contribution in [-0.4, -0.2) is 20.6 Å². The molecule has 2 aromatic rings. The summed E-state index contributed by atoms with van der Waals surface area (Å²) in [6.07, 6.45) is 1.10. The highest BCUT2D eigenvalue weighted by Crippen LogP contribution is 2.22. The van der Waals surface area contributed by atoms with Gasteiger partial charge in [-0.1, -0.05) is 29.8 Å². The number of benzene rings is 2. The summed E-state index contributed by atoms with van der Waals surface area (Å²) in [4.78, 5) is 12.4. The zero-order valence-corrected chi connectivity index (χ0v) is 13.1. The fourth-order valence-corrected chi connectivity index (χ4v) is 2.66.